The second-order valence-electron chi connectivity index (χ2n) is 6.69. The van der Waals surface area contributed by atoms with Gasteiger partial charge in [0.15, 0.2) is 0 Å². The van der Waals surface area contributed by atoms with Crippen molar-refractivity contribution in [3.63, 3.8) is 0 Å². The van der Waals surface area contributed by atoms with Crippen molar-refractivity contribution < 1.29 is 0 Å². The largest absolute Gasteiger partial charge is 0.314 e. The topological polar surface area (TPSA) is 18.5 Å². The monoisotopic (exact) mass is 251 g/mol. The fourth-order valence-corrected chi connectivity index (χ4v) is 4.21. The third kappa shape index (κ3) is 3.06. The normalized spacial score (nSPS) is 39.5. The zero-order valence-corrected chi connectivity index (χ0v) is 11.9. The van der Waals surface area contributed by atoms with Gasteiger partial charge in [-0.2, -0.15) is 0 Å². The van der Waals surface area contributed by atoms with Crippen molar-refractivity contribution in [1.82, 2.24) is 15.1 Å². The number of piperidine rings is 1. The van der Waals surface area contributed by atoms with Gasteiger partial charge in [-0.15, -0.1) is 0 Å². The molecular formula is C15H29N3. The van der Waals surface area contributed by atoms with Gasteiger partial charge in [0.1, 0.15) is 0 Å². The molecule has 3 nitrogen and oxygen atoms in total. The smallest absolute Gasteiger partial charge is 0.0223 e. The van der Waals surface area contributed by atoms with Gasteiger partial charge in [0.25, 0.3) is 0 Å². The van der Waals surface area contributed by atoms with Crippen LogP contribution in [0, 0.1) is 5.92 Å². The van der Waals surface area contributed by atoms with Gasteiger partial charge in [-0.25, -0.2) is 0 Å². The molecule has 104 valence electrons. The molecule has 0 radical (unpaired) electrons. The Morgan fingerprint density at radius 2 is 2.00 bits per heavy atom. The van der Waals surface area contributed by atoms with Crippen LogP contribution in [0.25, 0.3) is 0 Å². The highest BCUT2D eigenvalue weighted by Gasteiger charge is 2.30. The van der Waals surface area contributed by atoms with Crippen LogP contribution in [-0.2, 0) is 0 Å². The van der Waals surface area contributed by atoms with Crippen molar-refractivity contribution in [1.29, 1.82) is 0 Å². The van der Waals surface area contributed by atoms with Crippen LogP contribution >= 0.6 is 0 Å². The van der Waals surface area contributed by atoms with E-state index in [0.29, 0.717) is 0 Å². The summed E-state index contributed by atoms with van der Waals surface area (Å²) in [4.78, 5) is 5.52. The molecule has 0 bridgehead atoms. The number of rotatable bonds is 2. The molecule has 0 aromatic heterocycles. The van der Waals surface area contributed by atoms with E-state index >= 15 is 0 Å². The highest BCUT2D eigenvalue weighted by Crippen LogP contribution is 2.23. The van der Waals surface area contributed by atoms with E-state index in [1.54, 1.807) is 0 Å². The van der Waals surface area contributed by atoms with Crippen LogP contribution < -0.4 is 5.32 Å². The molecule has 0 aromatic rings. The molecule has 0 spiro atoms. The van der Waals surface area contributed by atoms with Crippen LogP contribution in [0.15, 0.2) is 0 Å². The maximum atomic E-state index is 3.57. The van der Waals surface area contributed by atoms with Gasteiger partial charge in [-0.1, -0.05) is 0 Å². The van der Waals surface area contributed by atoms with Crippen molar-refractivity contribution in [2.75, 3.05) is 39.3 Å². The molecule has 0 aliphatic carbocycles. The Kier molecular flexibility index (Phi) is 4.22. The standard InChI is InChI=1S/C15H29N3/c1-13-10-14(5-6-16-13)11-17-7-3-9-18-8-2-4-15(18)12-17/h13-16H,2-12H2,1H3. The Bertz CT molecular complexity index is 268. The SMILES string of the molecule is CC1CC(CN2CCCN3CCCC3C2)CCN1. The lowest BCUT2D eigenvalue weighted by Crippen LogP contribution is -2.43. The first-order valence-corrected chi connectivity index (χ1v) is 8.01. The van der Waals surface area contributed by atoms with Gasteiger partial charge in [-0.3, -0.25) is 4.90 Å². The number of hydrogen-bond donors (Lipinski definition) is 1. The molecule has 0 aromatic carbocycles. The van der Waals surface area contributed by atoms with E-state index in [-0.39, 0.29) is 0 Å². The summed E-state index contributed by atoms with van der Waals surface area (Å²) >= 11 is 0. The maximum absolute atomic E-state index is 3.57. The summed E-state index contributed by atoms with van der Waals surface area (Å²) in [5.74, 6) is 0.939. The number of nitrogens with zero attached hydrogens (tertiary/aromatic N) is 2. The van der Waals surface area contributed by atoms with E-state index in [2.05, 4.69) is 22.0 Å². The molecule has 3 aliphatic rings. The predicted octanol–water partition coefficient (Wildman–Crippen LogP) is 1.54. The van der Waals surface area contributed by atoms with Crippen molar-refractivity contribution in [2.24, 2.45) is 5.92 Å². The first kappa shape index (κ1) is 12.9. The molecule has 3 heterocycles. The van der Waals surface area contributed by atoms with Gasteiger partial charge in [0.05, 0.1) is 0 Å². The predicted molar refractivity (Wildman–Crippen MR) is 75.8 cm³/mol. The Hall–Kier alpha value is -0.120. The summed E-state index contributed by atoms with van der Waals surface area (Å²) in [6.07, 6.45) is 7.03. The highest BCUT2D eigenvalue weighted by molar-refractivity contribution is 4.86. The molecule has 0 amide bonds. The lowest BCUT2D eigenvalue weighted by molar-refractivity contribution is 0.174. The lowest BCUT2D eigenvalue weighted by Gasteiger charge is -2.33. The van der Waals surface area contributed by atoms with E-state index in [0.717, 1.165) is 18.0 Å². The molecule has 1 N–H and O–H groups in total. The first-order valence-electron chi connectivity index (χ1n) is 8.01. The molecule has 3 fully saturated rings. The Balaban J connectivity index is 1.52. The van der Waals surface area contributed by atoms with Crippen LogP contribution in [-0.4, -0.2) is 61.2 Å². The minimum absolute atomic E-state index is 0.735. The molecule has 3 aliphatic heterocycles. The Morgan fingerprint density at radius 3 is 2.89 bits per heavy atom. The minimum atomic E-state index is 0.735. The molecule has 3 rings (SSSR count). The molecule has 3 heteroatoms. The van der Waals surface area contributed by atoms with Crippen molar-refractivity contribution in [3.05, 3.63) is 0 Å². The second kappa shape index (κ2) is 5.89. The van der Waals surface area contributed by atoms with E-state index in [1.165, 1.54) is 71.4 Å². The van der Waals surface area contributed by atoms with Crippen LogP contribution in [0.2, 0.25) is 0 Å². The summed E-state index contributed by atoms with van der Waals surface area (Å²) < 4.78 is 0. The molecule has 3 saturated heterocycles. The number of fused-ring (bicyclic) bond motifs is 1. The van der Waals surface area contributed by atoms with Crippen LogP contribution in [0.4, 0.5) is 0 Å². The summed E-state index contributed by atoms with van der Waals surface area (Å²) in [7, 11) is 0. The molecule has 0 saturated carbocycles. The fraction of sp³-hybridized carbons (Fsp3) is 1.00. The third-order valence-electron chi connectivity index (χ3n) is 5.14. The summed E-state index contributed by atoms with van der Waals surface area (Å²) in [5.41, 5.74) is 0. The molecule has 3 unspecified atom stereocenters. The van der Waals surface area contributed by atoms with Crippen LogP contribution in [0.3, 0.4) is 0 Å². The van der Waals surface area contributed by atoms with E-state index < -0.39 is 0 Å². The van der Waals surface area contributed by atoms with Gasteiger partial charge in [0.2, 0.25) is 0 Å². The summed E-state index contributed by atoms with van der Waals surface area (Å²) in [6, 6.07) is 1.62. The zero-order chi connectivity index (χ0) is 12.4. The molecular weight excluding hydrogens is 222 g/mol. The van der Waals surface area contributed by atoms with E-state index in [9.17, 15) is 0 Å². The van der Waals surface area contributed by atoms with Crippen LogP contribution in [0.5, 0.6) is 0 Å². The van der Waals surface area contributed by atoms with E-state index in [4.69, 9.17) is 0 Å². The first-order chi connectivity index (χ1) is 8.81. The van der Waals surface area contributed by atoms with Crippen molar-refractivity contribution in [3.8, 4) is 0 Å². The van der Waals surface area contributed by atoms with Crippen molar-refractivity contribution in [2.45, 2.75) is 51.1 Å². The molecule has 18 heavy (non-hydrogen) atoms. The third-order valence-corrected chi connectivity index (χ3v) is 5.14. The van der Waals surface area contributed by atoms with E-state index in [1.807, 2.05) is 0 Å². The lowest BCUT2D eigenvalue weighted by atomic mass is 9.92. The quantitative estimate of drug-likeness (QED) is 0.803. The average Bonchev–Trinajstić information content (AvgIpc) is 2.69. The minimum Gasteiger partial charge on any atom is -0.314 e. The molecule has 3 atom stereocenters. The van der Waals surface area contributed by atoms with Gasteiger partial charge >= 0.3 is 0 Å². The summed E-state index contributed by atoms with van der Waals surface area (Å²) in [6.45, 7) is 10.3. The number of hydrogen-bond acceptors (Lipinski definition) is 3. The number of nitrogens with one attached hydrogen (secondary N) is 1. The van der Waals surface area contributed by atoms with Gasteiger partial charge in [0, 0.05) is 25.2 Å². The van der Waals surface area contributed by atoms with Gasteiger partial charge in [-0.05, 0) is 71.1 Å². The fourth-order valence-electron chi connectivity index (χ4n) is 4.21. The maximum Gasteiger partial charge on any atom is 0.0223 e. The Labute approximate surface area is 112 Å². The zero-order valence-electron chi connectivity index (χ0n) is 11.9. The highest BCUT2D eigenvalue weighted by atomic mass is 15.3. The van der Waals surface area contributed by atoms with Crippen molar-refractivity contribution >= 4 is 0 Å². The Morgan fingerprint density at radius 1 is 1.11 bits per heavy atom. The average molecular weight is 251 g/mol. The van der Waals surface area contributed by atoms with Gasteiger partial charge < -0.3 is 10.2 Å². The summed E-state index contributed by atoms with van der Waals surface area (Å²) in [5, 5.41) is 3.57. The second-order valence-corrected chi connectivity index (χ2v) is 6.69. The van der Waals surface area contributed by atoms with Crippen LogP contribution in [0.1, 0.15) is 39.0 Å².